The molecule has 0 spiro atoms. The molecule has 0 atom stereocenters. The van der Waals surface area contributed by atoms with Crippen LogP contribution in [-0.2, 0) is 6.54 Å². The first-order valence-corrected chi connectivity index (χ1v) is 8.31. The number of hydrogen-bond donors (Lipinski definition) is 2. The molecule has 5 heteroatoms. The van der Waals surface area contributed by atoms with Crippen LogP contribution in [0.15, 0.2) is 66.9 Å². The molecule has 0 aliphatic rings. The van der Waals surface area contributed by atoms with Crippen LogP contribution in [0.3, 0.4) is 0 Å². The molecule has 0 bridgehead atoms. The van der Waals surface area contributed by atoms with Crippen LogP contribution >= 0.6 is 11.6 Å². The Labute approximate surface area is 151 Å². The van der Waals surface area contributed by atoms with Crippen molar-refractivity contribution in [3.8, 4) is 0 Å². The summed E-state index contributed by atoms with van der Waals surface area (Å²) in [5.74, 6) is 0.199. The SMILES string of the molecule is Cc1ccccc1CNc1ccc(NC(=O)c2ccccc2Cl)nc1. The highest BCUT2D eigenvalue weighted by atomic mass is 35.5. The van der Waals surface area contributed by atoms with Crippen LogP contribution in [0.1, 0.15) is 21.5 Å². The van der Waals surface area contributed by atoms with Gasteiger partial charge in [0.1, 0.15) is 5.82 Å². The molecule has 2 aromatic carbocycles. The molecule has 0 aliphatic heterocycles. The van der Waals surface area contributed by atoms with Gasteiger partial charge >= 0.3 is 0 Å². The Balaban J connectivity index is 1.62. The fourth-order valence-electron chi connectivity index (χ4n) is 2.41. The number of carbonyl (C=O) groups is 1. The molecule has 3 aromatic rings. The number of carbonyl (C=O) groups excluding carboxylic acids is 1. The maximum Gasteiger partial charge on any atom is 0.258 e. The largest absolute Gasteiger partial charge is 0.380 e. The lowest BCUT2D eigenvalue weighted by molar-refractivity contribution is 0.102. The first kappa shape index (κ1) is 17.0. The van der Waals surface area contributed by atoms with E-state index in [0.29, 0.717) is 16.4 Å². The Morgan fingerprint density at radius 1 is 1.04 bits per heavy atom. The predicted octanol–water partition coefficient (Wildman–Crippen LogP) is 4.91. The summed E-state index contributed by atoms with van der Waals surface area (Å²) in [7, 11) is 0. The maximum absolute atomic E-state index is 12.2. The van der Waals surface area contributed by atoms with Gasteiger partial charge in [-0.25, -0.2) is 4.98 Å². The van der Waals surface area contributed by atoms with E-state index in [1.165, 1.54) is 11.1 Å². The van der Waals surface area contributed by atoms with Crippen molar-refractivity contribution < 1.29 is 4.79 Å². The van der Waals surface area contributed by atoms with E-state index in [2.05, 4.69) is 34.7 Å². The number of benzene rings is 2. The van der Waals surface area contributed by atoms with Crippen molar-refractivity contribution in [1.29, 1.82) is 0 Å². The lowest BCUT2D eigenvalue weighted by atomic mass is 10.1. The number of aromatic nitrogens is 1. The number of pyridine rings is 1. The fraction of sp³-hybridized carbons (Fsp3) is 0.100. The van der Waals surface area contributed by atoms with Gasteiger partial charge < -0.3 is 10.6 Å². The molecule has 0 fully saturated rings. The Morgan fingerprint density at radius 2 is 1.80 bits per heavy atom. The summed E-state index contributed by atoms with van der Waals surface area (Å²) in [4.78, 5) is 16.5. The third-order valence-corrected chi connectivity index (χ3v) is 4.20. The van der Waals surface area contributed by atoms with Gasteiger partial charge in [-0.15, -0.1) is 0 Å². The molecule has 0 saturated carbocycles. The van der Waals surface area contributed by atoms with E-state index < -0.39 is 0 Å². The second kappa shape index (κ2) is 7.81. The van der Waals surface area contributed by atoms with Crippen molar-refractivity contribution in [2.24, 2.45) is 0 Å². The Morgan fingerprint density at radius 3 is 2.52 bits per heavy atom. The molecule has 1 aromatic heterocycles. The summed E-state index contributed by atoms with van der Waals surface area (Å²) in [6.07, 6.45) is 1.69. The average molecular weight is 352 g/mol. The van der Waals surface area contributed by atoms with E-state index in [-0.39, 0.29) is 5.91 Å². The van der Waals surface area contributed by atoms with Crippen LogP contribution in [-0.4, -0.2) is 10.9 Å². The Kier molecular flexibility index (Phi) is 5.31. The van der Waals surface area contributed by atoms with Crippen molar-refractivity contribution in [3.05, 3.63) is 88.6 Å². The number of nitrogens with zero attached hydrogens (tertiary/aromatic N) is 1. The first-order valence-electron chi connectivity index (χ1n) is 7.94. The van der Waals surface area contributed by atoms with Gasteiger partial charge in [0.15, 0.2) is 0 Å². The normalized spacial score (nSPS) is 10.3. The van der Waals surface area contributed by atoms with Crippen molar-refractivity contribution in [3.63, 3.8) is 0 Å². The minimum absolute atomic E-state index is 0.279. The van der Waals surface area contributed by atoms with Crippen LogP contribution in [0.25, 0.3) is 0 Å². The highest BCUT2D eigenvalue weighted by Gasteiger charge is 2.10. The standard InChI is InChI=1S/C20H18ClN3O/c1-14-6-2-3-7-15(14)12-22-16-10-11-19(23-13-16)24-20(25)17-8-4-5-9-18(17)21/h2-11,13,22H,12H2,1H3,(H,23,24,25). The van der Waals surface area contributed by atoms with Gasteiger partial charge in [-0.3, -0.25) is 4.79 Å². The van der Waals surface area contributed by atoms with E-state index in [0.717, 1.165) is 12.2 Å². The molecule has 2 N–H and O–H groups in total. The molecule has 0 saturated heterocycles. The number of hydrogen-bond acceptors (Lipinski definition) is 3. The van der Waals surface area contributed by atoms with Gasteiger partial charge in [0, 0.05) is 6.54 Å². The summed E-state index contributed by atoms with van der Waals surface area (Å²) in [6, 6.07) is 18.8. The summed E-state index contributed by atoms with van der Waals surface area (Å²) in [5.41, 5.74) is 3.79. The Bertz CT molecular complexity index is 878. The number of aryl methyl sites for hydroxylation is 1. The van der Waals surface area contributed by atoms with Crippen LogP contribution in [0.4, 0.5) is 11.5 Å². The van der Waals surface area contributed by atoms with Crippen molar-refractivity contribution in [1.82, 2.24) is 4.98 Å². The summed E-state index contributed by atoms with van der Waals surface area (Å²) < 4.78 is 0. The minimum Gasteiger partial charge on any atom is -0.380 e. The third kappa shape index (κ3) is 4.37. The second-order valence-corrected chi connectivity index (χ2v) is 6.05. The summed E-state index contributed by atoms with van der Waals surface area (Å²) >= 11 is 6.03. The molecule has 0 aliphatic carbocycles. The van der Waals surface area contributed by atoms with Gasteiger partial charge in [0.05, 0.1) is 22.5 Å². The van der Waals surface area contributed by atoms with Crippen LogP contribution in [0, 0.1) is 6.92 Å². The highest BCUT2D eigenvalue weighted by Crippen LogP contribution is 2.17. The molecule has 25 heavy (non-hydrogen) atoms. The van der Waals surface area contributed by atoms with Gasteiger partial charge in [-0.1, -0.05) is 48.0 Å². The van der Waals surface area contributed by atoms with Crippen LogP contribution in [0.5, 0.6) is 0 Å². The first-order chi connectivity index (χ1) is 12.1. The quantitative estimate of drug-likeness (QED) is 0.686. The highest BCUT2D eigenvalue weighted by molar-refractivity contribution is 6.34. The molecule has 1 heterocycles. The molecular formula is C20H18ClN3O. The maximum atomic E-state index is 12.2. The van der Waals surface area contributed by atoms with Gasteiger partial charge in [-0.05, 0) is 42.3 Å². The molecule has 4 nitrogen and oxygen atoms in total. The predicted molar refractivity (Wildman–Crippen MR) is 102 cm³/mol. The molecule has 126 valence electrons. The van der Waals surface area contributed by atoms with E-state index >= 15 is 0 Å². The van der Waals surface area contributed by atoms with E-state index in [1.807, 2.05) is 18.2 Å². The number of halogens is 1. The van der Waals surface area contributed by atoms with Crippen molar-refractivity contribution in [2.75, 3.05) is 10.6 Å². The smallest absolute Gasteiger partial charge is 0.258 e. The number of rotatable bonds is 5. The zero-order valence-corrected chi connectivity index (χ0v) is 14.5. The zero-order valence-electron chi connectivity index (χ0n) is 13.8. The lowest BCUT2D eigenvalue weighted by Crippen LogP contribution is -2.13. The second-order valence-electron chi connectivity index (χ2n) is 5.65. The Hall–Kier alpha value is -2.85. The van der Waals surface area contributed by atoms with Gasteiger partial charge in [-0.2, -0.15) is 0 Å². The lowest BCUT2D eigenvalue weighted by Gasteiger charge is -2.10. The third-order valence-electron chi connectivity index (χ3n) is 3.87. The van der Waals surface area contributed by atoms with E-state index in [9.17, 15) is 4.79 Å². The van der Waals surface area contributed by atoms with E-state index in [1.54, 1.807) is 36.5 Å². The zero-order chi connectivity index (χ0) is 17.6. The number of anilines is 2. The molecular weight excluding hydrogens is 334 g/mol. The van der Waals surface area contributed by atoms with Gasteiger partial charge in [0.25, 0.3) is 5.91 Å². The van der Waals surface area contributed by atoms with Crippen LogP contribution in [0.2, 0.25) is 5.02 Å². The van der Waals surface area contributed by atoms with E-state index in [4.69, 9.17) is 11.6 Å². The van der Waals surface area contributed by atoms with Crippen molar-refractivity contribution >= 4 is 29.0 Å². The monoisotopic (exact) mass is 351 g/mol. The molecule has 0 radical (unpaired) electrons. The number of nitrogens with one attached hydrogen (secondary N) is 2. The summed E-state index contributed by atoms with van der Waals surface area (Å²) in [5, 5.41) is 6.49. The molecule has 3 rings (SSSR count). The van der Waals surface area contributed by atoms with Gasteiger partial charge in [0.2, 0.25) is 0 Å². The topological polar surface area (TPSA) is 54.0 Å². The van der Waals surface area contributed by atoms with Crippen LogP contribution < -0.4 is 10.6 Å². The average Bonchev–Trinajstić information content (AvgIpc) is 2.62. The molecule has 1 amide bonds. The minimum atomic E-state index is -0.279. The van der Waals surface area contributed by atoms with Crippen molar-refractivity contribution in [2.45, 2.75) is 13.5 Å². The fourth-order valence-corrected chi connectivity index (χ4v) is 2.63. The number of amides is 1. The molecule has 0 unspecified atom stereocenters. The summed E-state index contributed by atoms with van der Waals surface area (Å²) in [6.45, 7) is 2.81.